The largest absolute Gasteiger partial charge is 0.314 e. The van der Waals surface area contributed by atoms with E-state index in [1.54, 1.807) is 19.2 Å². The summed E-state index contributed by atoms with van der Waals surface area (Å²) in [5.41, 5.74) is -0.435. The highest BCUT2D eigenvalue weighted by Crippen LogP contribution is 2.46. The summed E-state index contributed by atoms with van der Waals surface area (Å²) in [6.07, 6.45) is 1.17. The molecular weight excluding hydrogens is 231 g/mol. The molecule has 1 aliphatic rings. The standard InChI is InChI=1S/C14H15FN2O/c1-10-7-14(8-10,9-16)13(18)17(2)12-5-3-4-11(15)6-12/h3-6,10H,7-8H2,1-2H3. The minimum absolute atomic E-state index is 0.242. The monoisotopic (exact) mass is 246 g/mol. The summed E-state index contributed by atoms with van der Waals surface area (Å²) in [7, 11) is 1.58. The molecule has 0 N–H and O–H groups in total. The van der Waals surface area contributed by atoms with Crippen LogP contribution < -0.4 is 4.90 Å². The van der Waals surface area contributed by atoms with Crippen LogP contribution in [-0.4, -0.2) is 13.0 Å². The van der Waals surface area contributed by atoms with Crippen molar-refractivity contribution in [3.8, 4) is 6.07 Å². The maximum absolute atomic E-state index is 13.1. The zero-order valence-corrected chi connectivity index (χ0v) is 10.5. The van der Waals surface area contributed by atoms with Gasteiger partial charge in [-0.3, -0.25) is 4.79 Å². The Morgan fingerprint density at radius 3 is 2.72 bits per heavy atom. The first-order chi connectivity index (χ1) is 8.48. The Morgan fingerprint density at radius 1 is 1.56 bits per heavy atom. The van der Waals surface area contributed by atoms with E-state index >= 15 is 0 Å². The summed E-state index contributed by atoms with van der Waals surface area (Å²) in [6.45, 7) is 2.02. The Hall–Kier alpha value is -1.89. The smallest absolute Gasteiger partial charge is 0.247 e. The first kappa shape index (κ1) is 12.6. The van der Waals surface area contributed by atoms with E-state index in [0.717, 1.165) is 0 Å². The highest BCUT2D eigenvalue weighted by molar-refractivity contribution is 5.99. The maximum Gasteiger partial charge on any atom is 0.247 e. The Bertz CT molecular complexity index is 515. The summed E-state index contributed by atoms with van der Waals surface area (Å²) in [6, 6.07) is 7.96. The lowest BCUT2D eigenvalue weighted by atomic mass is 9.63. The van der Waals surface area contributed by atoms with E-state index < -0.39 is 5.41 Å². The average molecular weight is 246 g/mol. The molecule has 1 aromatic carbocycles. The van der Waals surface area contributed by atoms with Crippen LogP contribution >= 0.6 is 0 Å². The zero-order valence-electron chi connectivity index (χ0n) is 10.5. The van der Waals surface area contributed by atoms with E-state index in [1.165, 1.54) is 17.0 Å². The summed E-state index contributed by atoms with van der Waals surface area (Å²) < 4.78 is 13.1. The van der Waals surface area contributed by atoms with Gasteiger partial charge in [-0.1, -0.05) is 13.0 Å². The quantitative estimate of drug-likeness (QED) is 0.805. The summed E-state index contributed by atoms with van der Waals surface area (Å²) in [4.78, 5) is 13.7. The number of rotatable bonds is 2. The number of halogens is 1. The Kier molecular flexibility index (Phi) is 3.08. The van der Waals surface area contributed by atoms with Crippen LogP contribution in [0.25, 0.3) is 0 Å². The Labute approximate surface area is 106 Å². The van der Waals surface area contributed by atoms with E-state index in [2.05, 4.69) is 6.07 Å². The second-order valence-electron chi connectivity index (χ2n) is 5.05. The Morgan fingerprint density at radius 2 is 2.22 bits per heavy atom. The number of amides is 1. The van der Waals surface area contributed by atoms with Crippen molar-refractivity contribution in [3.05, 3.63) is 30.1 Å². The highest BCUT2D eigenvalue weighted by Gasteiger charge is 2.50. The molecule has 1 amide bonds. The lowest BCUT2D eigenvalue weighted by molar-refractivity contribution is -0.130. The molecule has 0 bridgehead atoms. The van der Waals surface area contributed by atoms with Gasteiger partial charge in [0.15, 0.2) is 0 Å². The average Bonchev–Trinajstić information content (AvgIpc) is 2.33. The molecule has 0 atom stereocenters. The molecule has 1 fully saturated rings. The van der Waals surface area contributed by atoms with Crippen molar-refractivity contribution >= 4 is 11.6 Å². The van der Waals surface area contributed by atoms with Crippen LogP contribution in [0, 0.1) is 28.5 Å². The molecule has 0 aliphatic heterocycles. The molecule has 0 radical (unpaired) electrons. The molecule has 1 aliphatic carbocycles. The number of hydrogen-bond acceptors (Lipinski definition) is 2. The number of hydrogen-bond donors (Lipinski definition) is 0. The number of carbonyl (C=O) groups excluding carboxylic acids is 1. The van der Waals surface area contributed by atoms with Crippen LogP contribution in [0.5, 0.6) is 0 Å². The van der Waals surface area contributed by atoms with Crippen molar-refractivity contribution in [2.75, 3.05) is 11.9 Å². The molecular formula is C14H15FN2O. The molecule has 2 rings (SSSR count). The zero-order chi connectivity index (χ0) is 13.3. The molecule has 3 nitrogen and oxygen atoms in total. The van der Waals surface area contributed by atoms with Crippen LogP contribution in [0.15, 0.2) is 24.3 Å². The van der Waals surface area contributed by atoms with E-state index in [4.69, 9.17) is 0 Å². The van der Waals surface area contributed by atoms with Gasteiger partial charge in [0.25, 0.3) is 0 Å². The van der Waals surface area contributed by atoms with Crippen LogP contribution in [0.2, 0.25) is 0 Å². The number of nitrogens with zero attached hydrogens (tertiary/aromatic N) is 2. The highest BCUT2D eigenvalue weighted by atomic mass is 19.1. The van der Waals surface area contributed by atoms with E-state index in [1.807, 2.05) is 6.92 Å². The second kappa shape index (κ2) is 4.41. The predicted octanol–water partition coefficient (Wildman–Crippen LogP) is 2.73. The molecule has 0 unspecified atom stereocenters. The van der Waals surface area contributed by atoms with Gasteiger partial charge in [0.05, 0.1) is 6.07 Å². The SMILES string of the molecule is CC1CC(C#N)(C(=O)N(C)c2cccc(F)c2)C1. The molecule has 1 aromatic rings. The van der Waals surface area contributed by atoms with Gasteiger partial charge in [-0.05, 0) is 37.0 Å². The third-order valence-corrected chi connectivity index (χ3v) is 3.52. The second-order valence-corrected chi connectivity index (χ2v) is 5.05. The lowest BCUT2D eigenvalue weighted by Crippen LogP contribution is -2.49. The third kappa shape index (κ3) is 1.97. The van der Waals surface area contributed by atoms with Crippen LogP contribution in [0.1, 0.15) is 19.8 Å². The van der Waals surface area contributed by atoms with Gasteiger partial charge < -0.3 is 4.90 Å². The fourth-order valence-corrected chi connectivity index (χ4v) is 2.57. The third-order valence-electron chi connectivity index (χ3n) is 3.52. The van der Waals surface area contributed by atoms with E-state index in [0.29, 0.717) is 24.4 Å². The first-order valence-corrected chi connectivity index (χ1v) is 5.93. The first-order valence-electron chi connectivity index (χ1n) is 5.93. The van der Waals surface area contributed by atoms with Gasteiger partial charge in [0, 0.05) is 12.7 Å². The van der Waals surface area contributed by atoms with Gasteiger partial charge in [0.2, 0.25) is 5.91 Å². The molecule has 1 saturated carbocycles. The van der Waals surface area contributed by atoms with Gasteiger partial charge >= 0.3 is 0 Å². The minimum Gasteiger partial charge on any atom is -0.314 e. The van der Waals surface area contributed by atoms with Crippen LogP contribution in [-0.2, 0) is 4.79 Å². The van der Waals surface area contributed by atoms with Crippen molar-refractivity contribution in [2.24, 2.45) is 11.3 Å². The van der Waals surface area contributed by atoms with E-state index in [9.17, 15) is 14.4 Å². The fraction of sp³-hybridized carbons (Fsp3) is 0.429. The van der Waals surface area contributed by atoms with Gasteiger partial charge in [-0.2, -0.15) is 5.26 Å². The van der Waals surface area contributed by atoms with Crippen LogP contribution in [0.3, 0.4) is 0 Å². The molecule has 18 heavy (non-hydrogen) atoms. The number of carbonyl (C=O) groups is 1. The topological polar surface area (TPSA) is 44.1 Å². The molecule has 94 valence electrons. The van der Waals surface area contributed by atoms with Gasteiger partial charge in [-0.15, -0.1) is 0 Å². The normalized spacial score (nSPS) is 26.0. The minimum atomic E-state index is -0.916. The molecule has 0 saturated heterocycles. The molecule has 0 spiro atoms. The number of nitriles is 1. The van der Waals surface area contributed by atoms with Crippen molar-refractivity contribution < 1.29 is 9.18 Å². The van der Waals surface area contributed by atoms with E-state index in [-0.39, 0.29) is 11.7 Å². The van der Waals surface area contributed by atoms with Gasteiger partial charge in [-0.25, -0.2) is 4.39 Å². The Balaban J connectivity index is 2.22. The van der Waals surface area contributed by atoms with Crippen molar-refractivity contribution in [2.45, 2.75) is 19.8 Å². The lowest BCUT2D eigenvalue weighted by Gasteiger charge is -2.41. The number of anilines is 1. The predicted molar refractivity (Wildman–Crippen MR) is 66.3 cm³/mol. The fourth-order valence-electron chi connectivity index (χ4n) is 2.57. The summed E-state index contributed by atoms with van der Waals surface area (Å²) in [5, 5.41) is 9.20. The molecule has 4 heteroatoms. The van der Waals surface area contributed by atoms with Crippen molar-refractivity contribution in [3.63, 3.8) is 0 Å². The van der Waals surface area contributed by atoms with Crippen LogP contribution in [0.4, 0.5) is 10.1 Å². The maximum atomic E-state index is 13.1. The number of benzene rings is 1. The van der Waals surface area contributed by atoms with Crippen molar-refractivity contribution in [1.82, 2.24) is 0 Å². The summed E-state index contributed by atoms with van der Waals surface area (Å²) >= 11 is 0. The van der Waals surface area contributed by atoms with Gasteiger partial charge in [0.1, 0.15) is 11.2 Å². The molecule has 0 heterocycles. The molecule has 0 aromatic heterocycles. The summed E-state index contributed by atoms with van der Waals surface area (Å²) in [5.74, 6) is -0.233. The van der Waals surface area contributed by atoms with Crippen molar-refractivity contribution in [1.29, 1.82) is 5.26 Å².